The normalized spacial score (nSPS) is 11.4. The summed E-state index contributed by atoms with van der Waals surface area (Å²) >= 11 is 0. The van der Waals surface area contributed by atoms with E-state index in [-0.39, 0.29) is 6.54 Å². The molecule has 1 amide bonds. The molecule has 3 N–H and O–H groups in total. The third kappa shape index (κ3) is 5.09. The van der Waals surface area contributed by atoms with E-state index in [1.807, 2.05) is 71.0 Å². The Labute approximate surface area is 197 Å². The van der Waals surface area contributed by atoms with Gasteiger partial charge in [-0.1, -0.05) is 0 Å². The van der Waals surface area contributed by atoms with E-state index in [1.165, 1.54) is 11.2 Å². The number of nitrogens with zero attached hydrogens (tertiary/aromatic N) is 4. The predicted octanol–water partition coefficient (Wildman–Crippen LogP) is 5.78. The second-order valence-corrected chi connectivity index (χ2v) is 9.16. The summed E-state index contributed by atoms with van der Waals surface area (Å²) in [5, 5.41) is 12.9. The summed E-state index contributed by atoms with van der Waals surface area (Å²) in [6.07, 6.45) is 2.21. The van der Waals surface area contributed by atoms with Gasteiger partial charge in [-0.15, -0.1) is 0 Å². The van der Waals surface area contributed by atoms with Crippen molar-refractivity contribution in [3.8, 4) is 11.5 Å². The van der Waals surface area contributed by atoms with E-state index >= 15 is 0 Å². The highest BCUT2D eigenvalue weighted by molar-refractivity contribution is 5.88. The van der Waals surface area contributed by atoms with Gasteiger partial charge in [0.15, 0.2) is 5.82 Å². The molecule has 34 heavy (non-hydrogen) atoms. The maximum absolute atomic E-state index is 11.7. The number of amides is 1. The van der Waals surface area contributed by atoms with Crippen molar-refractivity contribution in [3.63, 3.8) is 0 Å². The molecular weight excluding hydrogens is 432 g/mol. The first-order chi connectivity index (χ1) is 16.1. The Bertz CT molecular complexity index is 1320. The maximum atomic E-state index is 11.7. The van der Waals surface area contributed by atoms with Crippen molar-refractivity contribution in [2.24, 2.45) is 0 Å². The first-order valence-electron chi connectivity index (χ1n) is 10.9. The van der Waals surface area contributed by atoms with Gasteiger partial charge in [0, 0.05) is 22.6 Å². The van der Waals surface area contributed by atoms with Gasteiger partial charge in [-0.05, 0) is 76.6 Å². The van der Waals surface area contributed by atoms with Gasteiger partial charge < -0.3 is 20.1 Å². The molecule has 0 aliphatic carbocycles. The lowest BCUT2D eigenvalue weighted by Gasteiger charge is -2.32. The number of rotatable bonds is 6. The molecule has 0 atom stereocenters. The predicted molar refractivity (Wildman–Crippen MR) is 131 cm³/mol. The van der Waals surface area contributed by atoms with Crippen LogP contribution in [0.3, 0.4) is 0 Å². The highest BCUT2D eigenvalue weighted by Crippen LogP contribution is 2.30. The molecule has 0 radical (unpaired) electrons. The summed E-state index contributed by atoms with van der Waals surface area (Å²) in [6.45, 7) is 9.70. The Kier molecular flexibility index (Phi) is 6.10. The molecule has 0 fully saturated rings. The molecule has 9 heteroatoms. The maximum Gasteiger partial charge on any atom is 0.408 e. The van der Waals surface area contributed by atoms with Gasteiger partial charge >= 0.3 is 6.09 Å². The number of carbonyl (C=O) groups is 1. The SMILES string of the molecule is Cc1ccc(Oc2ccc(Nc3ncnc4cc(CN(C(=O)O)C(C)(C)C)[nH]c34)cc2C)cn1. The number of aryl methyl sites for hydroxylation is 2. The molecule has 9 nitrogen and oxygen atoms in total. The molecule has 0 saturated heterocycles. The molecule has 3 aromatic heterocycles. The number of ether oxygens (including phenoxy) is 1. The molecule has 0 bridgehead atoms. The van der Waals surface area contributed by atoms with Crippen LogP contribution in [-0.4, -0.2) is 41.6 Å². The van der Waals surface area contributed by atoms with Crippen molar-refractivity contribution in [2.45, 2.75) is 46.7 Å². The smallest absolute Gasteiger partial charge is 0.408 e. The summed E-state index contributed by atoms with van der Waals surface area (Å²) in [5.74, 6) is 2.02. The summed E-state index contributed by atoms with van der Waals surface area (Å²) in [6, 6.07) is 11.4. The van der Waals surface area contributed by atoms with Gasteiger partial charge in [0.25, 0.3) is 0 Å². The van der Waals surface area contributed by atoms with Crippen LogP contribution < -0.4 is 10.1 Å². The van der Waals surface area contributed by atoms with Gasteiger partial charge in [-0.3, -0.25) is 9.88 Å². The van der Waals surface area contributed by atoms with E-state index < -0.39 is 11.6 Å². The Morgan fingerprint density at radius 3 is 2.56 bits per heavy atom. The fourth-order valence-electron chi connectivity index (χ4n) is 3.56. The average Bonchev–Trinajstić information content (AvgIpc) is 3.18. The fourth-order valence-corrected chi connectivity index (χ4v) is 3.56. The number of pyridine rings is 1. The Morgan fingerprint density at radius 2 is 1.91 bits per heavy atom. The number of H-pyrrole nitrogens is 1. The standard InChI is InChI=1S/C25H28N6O3/c1-15-10-17(7-9-21(15)34-19-8-6-16(2)26-12-19)30-23-22-20(27-14-28-23)11-18(29-22)13-31(24(32)33)25(3,4)5/h6-12,14,29H,13H2,1-5H3,(H,32,33)(H,27,28,30). The van der Waals surface area contributed by atoms with Crippen LogP contribution in [-0.2, 0) is 6.54 Å². The van der Waals surface area contributed by atoms with Gasteiger partial charge in [0.1, 0.15) is 23.3 Å². The minimum Gasteiger partial charge on any atom is -0.465 e. The molecule has 0 aliphatic rings. The molecule has 176 valence electrons. The second kappa shape index (κ2) is 9.01. The van der Waals surface area contributed by atoms with Gasteiger partial charge in [0.05, 0.1) is 18.3 Å². The number of nitrogens with one attached hydrogen (secondary N) is 2. The van der Waals surface area contributed by atoms with E-state index in [0.717, 1.165) is 28.4 Å². The number of fused-ring (bicyclic) bond motifs is 1. The van der Waals surface area contributed by atoms with Crippen LogP contribution in [0.4, 0.5) is 16.3 Å². The van der Waals surface area contributed by atoms with Crippen molar-refractivity contribution in [1.29, 1.82) is 0 Å². The molecular formula is C25H28N6O3. The lowest BCUT2D eigenvalue weighted by Crippen LogP contribution is -2.44. The van der Waals surface area contributed by atoms with Crippen LogP contribution >= 0.6 is 0 Å². The molecule has 3 heterocycles. The summed E-state index contributed by atoms with van der Waals surface area (Å²) < 4.78 is 5.95. The molecule has 0 aliphatic heterocycles. The van der Waals surface area contributed by atoms with Crippen LogP contribution in [0.2, 0.25) is 0 Å². The zero-order valence-corrected chi connectivity index (χ0v) is 19.9. The van der Waals surface area contributed by atoms with Gasteiger partial charge in [0.2, 0.25) is 0 Å². The Morgan fingerprint density at radius 1 is 1.12 bits per heavy atom. The minimum atomic E-state index is -0.977. The lowest BCUT2D eigenvalue weighted by atomic mass is 10.1. The highest BCUT2D eigenvalue weighted by atomic mass is 16.5. The third-order valence-electron chi connectivity index (χ3n) is 5.39. The minimum absolute atomic E-state index is 0.216. The summed E-state index contributed by atoms with van der Waals surface area (Å²) in [5.41, 5.74) is 4.33. The second-order valence-electron chi connectivity index (χ2n) is 9.16. The number of carboxylic acid groups (broad SMARTS) is 1. The zero-order valence-electron chi connectivity index (χ0n) is 19.9. The van der Waals surface area contributed by atoms with Crippen molar-refractivity contribution < 1.29 is 14.6 Å². The number of anilines is 2. The summed E-state index contributed by atoms with van der Waals surface area (Å²) in [7, 11) is 0. The van der Waals surface area contributed by atoms with Crippen molar-refractivity contribution >= 4 is 28.6 Å². The Hall–Kier alpha value is -4.14. The highest BCUT2D eigenvalue weighted by Gasteiger charge is 2.27. The zero-order chi connectivity index (χ0) is 24.5. The molecule has 0 unspecified atom stereocenters. The van der Waals surface area contributed by atoms with E-state index in [2.05, 4.69) is 25.3 Å². The third-order valence-corrected chi connectivity index (χ3v) is 5.39. The number of hydrogen-bond donors (Lipinski definition) is 3. The molecule has 0 spiro atoms. The van der Waals surface area contributed by atoms with E-state index in [0.29, 0.717) is 22.6 Å². The lowest BCUT2D eigenvalue weighted by molar-refractivity contribution is 0.0948. The number of benzene rings is 1. The van der Waals surface area contributed by atoms with Crippen LogP contribution in [0, 0.1) is 13.8 Å². The molecule has 1 aromatic carbocycles. The average molecular weight is 461 g/mol. The summed E-state index contributed by atoms with van der Waals surface area (Å²) in [4.78, 5) is 29.4. The quantitative estimate of drug-likeness (QED) is 0.334. The topological polar surface area (TPSA) is 116 Å². The first kappa shape index (κ1) is 23.0. The van der Waals surface area contributed by atoms with Crippen LogP contribution in [0.1, 0.15) is 37.7 Å². The fraction of sp³-hybridized carbons (Fsp3) is 0.280. The van der Waals surface area contributed by atoms with E-state index in [4.69, 9.17) is 4.74 Å². The van der Waals surface area contributed by atoms with Crippen molar-refractivity contribution in [3.05, 3.63) is 65.9 Å². The number of aromatic amines is 1. The Balaban J connectivity index is 1.55. The van der Waals surface area contributed by atoms with Gasteiger partial charge in [-0.25, -0.2) is 14.8 Å². The molecule has 0 saturated carbocycles. The van der Waals surface area contributed by atoms with Gasteiger partial charge in [-0.2, -0.15) is 0 Å². The number of hydrogen-bond acceptors (Lipinski definition) is 6. The molecule has 4 aromatic rings. The first-order valence-corrected chi connectivity index (χ1v) is 10.9. The van der Waals surface area contributed by atoms with E-state index in [1.54, 1.807) is 6.20 Å². The molecule has 4 rings (SSSR count). The van der Waals surface area contributed by atoms with Crippen LogP contribution in [0.15, 0.2) is 48.9 Å². The van der Waals surface area contributed by atoms with Crippen molar-refractivity contribution in [2.75, 3.05) is 5.32 Å². The monoisotopic (exact) mass is 460 g/mol. The van der Waals surface area contributed by atoms with Crippen LogP contribution in [0.5, 0.6) is 11.5 Å². The van der Waals surface area contributed by atoms with Crippen molar-refractivity contribution in [1.82, 2.24) is 24.8 Å². The van der Waals surface area contributed by atoms with E-state index in [9.17, 15) is 9.90 Å². The number of aromatic nitrogens is 4. The largest absolute Gasteiger partial charge is 0.465 e. The van der Waals surface area contributed by atoms with Crippen LogP contribution in [0.25, 0.3) is 11.0 Å².